The van der Waals surface area contributed by atoms with Crippen LogP contribution in [0.2, 0.25) is 5.15 Å². The number of benzene rings is 6. The molecule has 0 aliphatic carbocycles. The van der Waals surface area contributed by atoms with Gasteiger partial charge in [-0.2, -0.15) is 10.5 Å². The maximum atomic E-state index is 10.9. The first-order chi connectivity index (χ1) is 37.4. The first-order valence-electron chi connectivity index (χ1n) is 22.2. The van der Waals surface area contributed by atoms with Crippen molar-refractivity contribution in [2.75, 3.05) is 35.5 Å². The van der Waals surface area contributed by atoms with Crippen LogP contribution in [0.3, 0.4) is 0 Å². The van der Waals surface area contributed by atoms with E-state index in [1.807, 2.05) is 84.9 Å². The fourth-order valence-corrected chi connectivity index (χ4v) is 7.28. The van der Waals surface area contributed by atoms with Crippen molar-refractivity contribution in [2.24, 2.45) is 10.5 Å². The van der Waals surface area contributed by atoms with Crippen LogP contribution < -0.4 is 64.3 Å². The Morgan fingerprint density at radius 1 is 0.513 bits per heavy atom. The molecule has 0 unspecified atom stereocenters. The fourth-order valence-electron chi connectivity index (χ4n) is 7.05. The second kappa shape index (κ2) is 31.2. The number of methoxy groups -OCH3 is 5. The predicted molar refractivity (Wildman–Crippen MR) is 290 cm³/mol. The summed E-state index contributed by atoms with van der Waals surface area (Å²) in [7, 11) is 8.04. The van der Waals surface area contributed by atoms with Gasteiger partial charge in [0.1, 0.15) is 45.7 Å². The molecule has 0 aliphatic heterocycles. The van der Waals surface area contributed by atoms with Crippen molar-refractivity contribution in [3.05, 3.63) is 196 Å². The van der Waals surface area contributed by atoms with E-state index >= 15 is 0 Å². The largest absolute Gasteiger partial charge is 1.00 e. The number of ether oxygens (including phenoxy) is 5. The fraction of sp³-hybridized carbons (Fsp3) is 0.0909. The van der Waals surface area contributed by atoms with E-state index < -0.39 is 11.9 Å². The Morgan fingerprint density at radius 2 is 0.885 bits per heavy atom. The van der Waals surface area contributed by atoms with Crippen LogP contribution in [0.1, 0.15) is 32.2 Å². The Morgan fingerprint density at radius 3 is 1.27 bits per heavy atom. The van der Waals surface area contributed by atoms with Crippen LogP contribution in [0.15, 0.2) is 169 Å². The molecule has 23 heteroatoms. The molecule has 0 aliphatic rings. The maximum Gasteiger partial charge on any atom is 1.00 e. The summed E-state index contributed by atoms with van der Waals surface area (Å²) < 4.78 is 25.4. The average molecular weight is 1080 g/mol. The quantitative estimate of drug-likeness (QED) is 0.0250. The van der Waals surface area contributed by atoms with E-state index in [9.17, 15) is 9.59 Å². The normalized spacial score (nSPS) is 9.59. The van der Waals surface area contributed by atoms with Gasteiger partial charge in [0.25, 0.3) is 0 Å². The third-order valence-electron chi connectivity index (χ3n) is 10.7. The minimum Gasteiger partial charge on any atom is -0.497 e. The molecule has 78 heavy (non-hydrogen) atoms. The molecule has 0 bridgehead atoms. The van der Waals surface area contributed by atoms with Crippen LogP contribution in [0.25, 0.3) is 59.4 Å². The Balaban J connectivity index is 0.000000204. The summed E-state index contributed by atoms with van der Waals surface area (Å²) in [6, 6.07) is 44.5. The number of hydrogen-bond donors (Lipinski definition) is 4. The minimum atomic E-state index is -1.02. The molecular formula is C55H45ClN11NaO10. The van der Waals surface area contributed by atoms with Crippen molar-refractivity contribution in [2.45, 2.75) is 0 Å². The number of aromatic carboxylic acids is 2. The zero-order valence-electron chi connectivity index (χ0n) is 42.6. The van der Waals surface area contributed by atoms with Crippen LogP contribution in [0.4, 0.5) is 0 Å². The zero-order chi connectivity index (χ0) is 55.7. The Kier molecular flexibility index (Phi) is 24.3. The van der Waals surface area contributed by atoms with Crippen molar-refractivity contribution >= 4 is 77.4 Å². The number of fused-ring (bicyclic) bond motifs is 5. The number of carbonyl (C=O) groups is 2. The second-order valence-electron chi connectivity index (χ2n) is 15.1. The third-order valence-corrected chi connectivity index (χ3v) is 11.0. The van der Waals surface area contributed by atoms with Gasteiger partial charge in [0.2, 0.25) is 0 Å². The van der Waals surface area contributed by atoms with Crippen molar-refractivity contribution in [3.63, 3.8) is 0 Å². The molecule has 0 spiro atoms. The molecule has 0 fully saturated rings. The first kappa shape index (κ1) is 60.8. The van der Waals surface area contributed by atoms with Crippen LogP contribution >= 0.6 is 11.6 Å². The number of hydrazine groups is 1. The smallest absolute Gasteiger partial charge is 0.497 e. The molecule has 0 radical (unpaired) electrons. The summed E-state index contributed by atoms with van der Waals surface area (Å²) in [4.78, 5) is 46.3. The van der Waals surface area contributed by atoms with Gasteiger partial charge in [-0.15, -0.1) is 4.91 Å². The van der Waals surface area contributed by atoms with E-state index in [0.717, 1.165) is 60.3 Å². The van der Waals surface area contributed by atoms with Crippen molar-refractivity contribution < 1.29 is 73.0 Å². The van der Waals surface area contributed by atoms with Gasteiger partial charge in [0.05, 0.1) is 52.5 Å². The number of nitrogens with one attached hydrogen (secondary N) is 2. The molecule has 0 saturated heterocycles. The molecule has 0 saturated carbocycles. The van der Waals surface area contributed by atoms with Gasteiger partial charge in [-0.1, -0.05) is 23.7 Å². The number of aromatic nitrogens is 4. The van der Waals surface area contributed by atoms with Crippen molar-refractivity contribution in [3.8, 4) is 40.9 Å². The number of carboxylic acid groups (broad SMARTS) is 2. The monoisotopic (exact) mass is 1080 g/mol. The number of nitriles is 2. The zero-order valence-corrected chi connectivity index (χ0v) is 45.3. The van der Waals surface area contributed by atoms with Gasteiger partial charge in [0.15, 0.2) is 11.4 Å². The summed E-state index contributed by atoms with van der Waals surface area (Å²) in [5.74, 6) is 1.78. The van der Waals surface area contributed by atoms with E-state index in [2.05, 4.69) is 42.6 Å². The van der Waals surface area contributed by atoms with E-state index in [1.54, 1.807) is 108 Å². The maximum absolute atomic E-state index is 10.9. The topological polar surface area (TPSA) is 308 Å². The standard InChI is InChI=1S/C12H9NO.C11H8N2O.2C11H9NO3.C10H8ClNO.H2N5O.Na/c1-14-11-5-6-12-9(7-11)3-2-4-10(12)8-13;1-14-9-2-3-10-8(6-9)4-5-13-11(10)7-12;2*1-15-8-2-3-9-7(6-8)4-5-12-10(9)11(13)14;1-13-8-2-3-9-7(6-8)4-5-12-10(9)11;1-2-3-4-5-6;/h2-7H,1H3;2-6H,1H3;2*2-6H,1H3,(H,13,14);2-6H,1H3;(H2-,1,2,3,4,5,6);/q;;;;;-1;+1. The van der Waals surface area contributed by atoms with E-state index in [1.165, 1.54) is 12.4 Å². The molecule has 21 nitrogen and oxygen atoms in total. The van der Waals surface area contributed by atoms with Gasteiger partial charge in [-0.05, 0) is 154 Å². The summed E-state index contributed by atoms with van der Waals surface area (Å²) >= 11 is 5.90. The van der Waals surface area contributed by atoms with E-state index in [4.69, 9.17) is 66.5 Å². The van der Waals surface area contributed by atoms with Crippen LogP contribution in [0, 0.1) is 27.6 Å². The molecular weight excluding hydrogens is 1030 g/mol. The van der Waals surface area contributed by atoms with Gasteiger partial charge in [-0.25, -0.2) is 35.1 Å². The Bertz CT molecular complexity index is 3590. The van der Waals surface area contributed by atoms with Crippen molar-refractivity contribution in [1.82, 2.24) is 31.0 Å². The molecule has 0 amide bonds. The first-order valence-corrected chi connectivity index (χ1v) is 22.6. The number of halogens is 1. The number of rotatable bonds is 10. The van der Waals surface area contributed by atoms with E-state index in [-0.39, 0.29) is 40.9 Å². The van der Waals surface area contributed by atoms with Crippen LogP contribution in [0.5, 0.6) is 28.7 Å². The predicted octanol–water partition coefficient (Wildman–Crippen LogP) is 8.32. The Hall–Kier alpha value is -9.77. The van der Waals surface area contributed by atoms with Gasteiger partial charge >= 0.3 is 41.5 Å². The molecule has 6 aromatic carbocycles. The van der Waals surface area contributed by atoms with Crippen LogP contribution in [-0.4, -0.2) is 77.6 Å². The average Bonchev–Trinajstić information content (AvgIpc) is 3.48. The molecule has 388 valence electrons. The number of hydrogen-bond acceptors (Lipinski definition) is 16. The summed E-state index contributed by atoms with van der Waals surface area (Å²) in [6.07, 6.45) is 6.26. The Labute approximate surface area is 472 Å². The number of nitrogens with zero attached hydrogens (tertiary/aromatic N) is 9. The molecule has 4 heterocycles. The minimum absolute atomic E-state index is 0. The van der Waals surface area contributed by atoms with Gasteiger partial charge in [0, 0.05) is 46.3 Å². The number of nitroso groups, excluding NO2 is 1. The summed E-state index contributed by atoms with van der Waals surface area (Å²) in [5, 5.41) is 49.1. The van der Waals surface area contributed by atoms with Gasteiger partial charge < -0.3 is 45.0 Å². The molecule has 4 aromatic heterocycles. The van der Waals surface area contributed by atoms with Crippen molar-refractivity contribution in [1.29, 1.82) is 10.5 Å². The molecule has 4 N–H and O–H groups in total. The molecule has 0 atom stereocenters. The third kappa shape index (κ3) is 16.6. The summed E-state index contributed by atoms with van der Waals surface area (Å²) in [5.41, 5.74) is 12.0. The van der Waals surface area contributed by atoms with E-state index in [0.29, 0.717) is 38.7 Å². The number of carboxylic acids is 2. The van der Waals surface area contributed by atoms with Crippen LogP contribution in [-0.2, 0) is 0 Å². The van der Waals surface area contributed by atoms with Gasteiger partial charge in [-0.3, -0.25) is 5.22 Å². The summed E-state index contributed by atoms with van der Waals surface area (Å²) in [6.45, 7) is 0. The molecule has 10 aromatic rings. The molecule has 10 rings (SSSR count). The number of pyridine rings is 4. The second-order valence-corrected chi connectivity index (χ2v) is 15.4. The SMILES string of the molecule is COc1ccc2c(C#N)cccc2c1.COc1ccc2c(C#N)nccc2c1.COc1ccc2c(C(=O)O)nccc2c1.COc1ccc2c(C(=O)O)nccc2c1.COc1ccc2c(Cl)nccc2c1.[N-]=NNNN=O.[Na+].